The fraction of sp³-hybridized carbons (Fsp3) is 0.333. The van der Waals surface area contributed by atoms with E-state index in [2.05, 4.69) is 11.8 Å². The smallest absolute Gasteiger partial charge is 0.267 e. The lowest BCUT2D eigenvalue weighted by Crippen LogP contribution is -2.41. The minimum atomic E-state index is -0.172. The van der Waals surface area contributed by atoms with Crippen molar-refractivity contribution >= 4 is 51.7 Å². The van der Waals surface area contributed by atoms with E-state index in [9.17, 15) is 9.59 Å². The lowest BCUT2D eigenvalue weighted by Gasteiger charge is -2.37. The van der Waals surface area contributed by atoms with E-state index < -0.39 is 0 Å². The number of pyridine rings is 1. The van der Waals surface area contributed by atoms with Gasteiger partial charge in [0.15, 0.2) is 0 Å². The molecule has 0 spiro atoms. The Morgan fingerprint density at radius 3 is 2.71 bits per heavy atom. The van der Waals surface area contributed by atoms with Crippen molar-refractivity contribution < 1.29 is 4.79 Å². The molecule has 1 unspecified atom stereocenters. The zero-order chi connectivity index (χ0) is 24.5. The third kappa shape index (κ3) is 4.65. The normalized spacial score (nSPS) is 19.8. The Morgan fingerprint density at radius 1 is 1.14 bits per heavy atom. The summed E-state index contributed by atoms with van der Waals surface area (Å²) in [6.07, 6.45) is 7.72. The number of amides is 1. The number of rotatable bonds is 5. The topological polar surface area (TPSA) is 57.9 Å². The predicted octanol–water partition coefficient (Wildman–Crippen LogP) is 5.17. The van der Waals surface area contributed by atoms with Crippen molar-refractivity contribution in [2.75, 3.05) is 11.4 Å². The van der Waals surface area contributed by atoms with Crippen molar-refractivity contribution in [1.82, 2.24) is 14.3 Å². The molecule has 0 aliphatic carbocycles. The minimum absolute atomic E-state index is 0.171. The Balaban J connectivity index is 1.57. The lowest BCUT2D eigenvalue weighted by atomic mass is 9.99. The quantitative estimate of drug-likeness (QED) is 0.353. The van der Waals surface area contributed by atoms with Crippen molar-refractivity contribution in [2.24, 2.45) is 0 Å². The van der Waals surface area contributed by atoms with E-state index in [1.54, 1.807) is 21.6 Å². The molecule has 8 heteroatoms. The SMILES string of the molecule is CCC1CCCCN1c1nc2ccccn2c(=O)c1C=C1SC(=S)N(Cc2ccc(C)cc2)C1=O. The number of aryl methyl sites for hydroxylation is 1. The first-order chi connectivity index (χ1) is 17.0. The predicted molar refractivity (Wildman–Crippen MR) is 147 cm³/mol. The van der Waals surface area contributed by atoms with Crippen LogP contribution in [-0.4, -0.2) is 37.1 Å². The van der Waals surface area contributed by atoms with Crippen molar-refractivity contribution in [2.45, 2.75) is 52.1 Å². The zero-order valence-electron chi connectivity index (χ0n) is 19.9. The monoisotopic (exact) mass is 504 g/mol. The highest BCUT2D eigenvalue weighted by molar-refractivity contribution is 8.26. The number of hydrogen-bond acceptors (Lipinski definition) is 6. The van der Waals surface area contributed by atoms with E-state index in [1.165, 1.54) is 23.7 Å². The molecule has 3 aromatic rings. The molecule has 6 nitrogen and oxygen atoms in total. The van der Waals surface area contributed by atoms with Gasteiger partial charge in [0.05, 0.1) is 17.0 Å². The van der Waals surface area contributed by atoms with E-state index in [0.717, 1.165) is 31.4 Å². The van der Waals surface area contributed by atoms with Crippen LogP contribution in [0.25, 0.3) is 11.7 Å². The first-order valence-electron chi connectivity index (χ1n) is 12.0. The second-order valence-electron chi connectivity index (χ2n) is 9.09. The standard InChI is InChI=1S/C27H28N4O2S2/c1-3-20-8-4-6-14-29(20)24-21(25(32)30-15-7-5-9-23(30)28-24)16-22-26(33)31(27(34)35-22)17-19-12-10-18(2)11-13-19/h5,7,9-13,15-16,20H,3-4,6,8,14,17H2,1-2H3. The molecule has 0 saturated carbocycles. The van der Waals surface area contributed by atoms with E-state index in [1.807, 2.05) is 49.4 Å². The van der Waals surface area contributed by atoms with Crippen LogP contribution in [0, 0.1) is 6.92 Å². The summed E-state index contributed by atoms with van der Waals surface area (Å²) in [5.41, 5.74) is 3.07. The third-order valence-corrected chi connectivity index (χ3v) is 8.11. The minimum Gasteiger partial charge on any atom is -0.353 e. The van der Waals surface area contributed by atoms with Gasteiger partial charge in [-0.15, -0.1) is 0 Å². The number of carbonyl (C=O) groups is 1. The van der Waals surface area contributed by atoms with E-state index in [4.69, 9.17) is 17.2 Å². The van der Waals surface area contributed by atoms with Crippen LogP contribution in [0.3, 0.4) is 0 Å². The summed E-state index contributed by atoms with van der Waals surface area (Å²) in [5.74, 6) is 0.492. The van der Waals surface area contributed by atoms with Gasteiger partial charge in [0, 0.05) is 18.8 Å². The fourth-order valence-electron chi connectivity index (χ4n) is 4.78. The van der Waals surface area contributed by atoms with Crippen molar-refractivity contribution in [3.8, 4) is 0 Å². The van der Waals surface area contributed by atoms with E-state index in [0.29, 0.717) is 38.8 Å². The molecule has 1 aromatic carbocycles. The number of fused-ring (bicyclic) bond motifs is 1. The van der Waals surface area contributed by atoms with Crippen LogP contribution < -0.4 is 10.5 Å². The Kier molecular flexibility index (Phi) is 6.75. The number of hydrogen-bond donors (Lipinski definition) is 0. The molecule has 2 aliphatic rings. The van der Waals surface area contributed by atoms with Crippen LogP contribution in [0.5, 0.6) is 0 Å². The van der Waals surface area contributed by atoms with Crippen LogP contribution in [0.4, 0.5) is 5.82 Å². The molecule has 5 rings (SSSR count). The molecule has 1 atom stereocenters. The van der Waals surface area contributed by atoms with Gasteiger partial charge in [-0.25, -0.2) is 4.98 Å². The molecule has 2 aliphatic heterocycles. The largest absolute Gasteiger partial charge is 0.353 e. The van der Waals surface area contributed by atoms with Crippen LogP contribution in [-0.2, 0) is 11.3 Å². The summed E-state index contributed by atoms with van der Waals surface area (Å²) in [6.45, 7) is 5.47. The Bertz CT molecular complexity index is 1380. The van der Waals surface area contributed by atoms with E-state index in [-0.39, 0.29) is 11.5 Å². The summed E-state index contributed by atoms with van der Waals surface area (Å²) < 4.78 is 2.05. The second-order valence-corrected chi connectivity index (χ2v) is 10.8. The first kappa shape index (κ1) is 23.8. The first-order valence-corrected chi connectivity index (χ1v) is 13.3. The number of benzene rings is 1. The highest BCUT2D eigenvalue weighted by Crippen LogP contribution is 2.35. The van der Waals surface area contributed by atoms with Crippen LogP contribution >= 0.6 is 24.0 Å². The van der Waals surface area contributed by atoms with E-state index >= 15 is 0 Å². The maximum Gasteiger partial charge on any atom is 0.267 e. The molecular weight excluding hydrogens is 476 g/mol. The van der Waals surface area contributed by atoms with Crippen LogP contribution in [0.15, 0.2) is 58.4 Å². The molecule has 2 aromatic heterocycles. The van der Waals surface area contributed by atoms with Crippen molar-refractivity contribution in [1.29, 1.82) is 0 Å². The molecule has 2 fully saturated rings. The zero-order valence-corrected chi connectivity index (χ0v) is 21.6. The number of anilines is 1. The van der Waals surface area contributed by atoms with Gasteiger partial charge in [-0.05, 0) is 56.4 Å². The Labute approximate surface area is 214 Å². The van der Waals surface area contributed by atoms with Gasteiger partial charge in [-0.2, -0.15) is 0 Å². The summed E-state index contributed by atoms with van der Waals surface area (Å²) >= 11 is 6.81. The molecule has 0 bridgehead atoms. The Morgan fingerprint density at radius 2 is 1.94 bits per heavy atom. The summed E-state index contributed by atoms with van der Waals surface area (Å²) in [6, 6.07) is 13.9. The second kappa shape index (κ2) is 9.95. The molecular formula is C27H28N4O2S2. The maximum atomic E-state index is 13.7. The summed E-state index contributed by atoms with van der Waals surface area (Å²) in [4.78, 5) is 36.3. The molecule has 35 heavy (non-hydrogen) atoms. The van der Waals surface area contributed by atoms with Gasteiger partial charge in [0.25, 0.3) is 11.5 Å². The average molecular weight is 505 g/mol. The lowest BCUT2D eigenvalue weighted by molar-refractivity contribution is -0.122. The third-order valence-electron chi connectivity index (χ3n) is 6.73. The molecule has 0 N–H and O–H groups in total. The average Bonchev–Trinajstić information content (AvgIpc) is 3.14. The molecule has 4 heterocycles. The number of aromatic nitrogens is 2. The van der Waals surface area contributed by atoms with Gasteiger partial charge in [0.1, 0.15) is 15.8 Å². The number of piperidine rings is 1. The van der Waals surface area contributed by atoms with Gasteiger partial charge in [-0.1, -0.05) is 66.8 Å². The van der Waals surface area contributed by atoms with Crippen LogP contribution in [0.2, 0.25) is 0 Å². The van der Waals surface area contributed by atoms with Crippen molar-refractivity contribution in [3.05, 3.63) is 80.6 Å². The number of nitrogens with zero attached hydrogens (tertiary/aromatic N) is 4. The fourth-order valence-corrected chi connectivity index (χ4v) is 6.02. The molecule has 180 valence electrons. The molecule has 1 amide bonds. The molecule has 2 saturated heterocycles. The summed E-state index contributed by atoms with van der Waals surface area (Å²) in [7, 11) is 0. The molecule has 0 radical (unpaired) electrons. The van der Waals surface area contributed by atoms with Crippen molar-refractivity contribution in [3.63, 3.8) is 0 Å². The van der Waals surface area contributed by atoms with Gasteiger partial charge in [-0.3, -0.25) is 18.9 Å². The highest BCUT2D eigenvalue weighted by atomic mass is 32.2. The Hall–Kier alpha value is -2.97. The number of carbonyl (C=O) groups excluding carboxylic acids is 1. The van der Waals surface area contributed by atoms with Gasteiger partial charge >= 0.3 is 0 Å². The van der Waals surface area contributed by atoms with Gasteiger partial charge in [0.2, 0.25) is 0 Å². The maximum absolute atomic E-state index is 13.7. The number of thiocarbonyl (C=S) groups is 1. The summed E-state index contributed by atoms with van der Waals surface area (Å²) in [5, 5.41) is 0. The number of thioether (sulfide) groups is 1. The highest BCUT2D eigenvalue weighted by Gasteiger charge is 2.33. The van der Waals surface area contributed by atoms with Crippen LogP contribution in [0.1, 0.15) is 49.3 Å². The van der Waals surface area contributed by atoms with Gasteiger partial charge < -0.3 is 4.90 Å².